The molecule has 15 heterocycles. The Kier molecular flexibility index (Phi) is 21.6. The molecule has 3 aliphatic heterocycles. The van der Waals surface area contributed by atoms with Crippen molar-refractivity contribution in [2.24, 2.45) is 0 Å². The van der Waals surface area contributed by atoms with E-state index < -0.39 is 17.5 Å². The molecule has 0 spiro atoms. The van der Waals surface area contributed by atoms with E-state index in [1.54, 1.807) is 146 Å². The molecule has 15 aromatic rings. The monoisotopic (exact) mass is 1600 g/mol. The van der Waals surface area contributed by atoms with Crippen LogP contribution in [-0.2, 0) is 14.4 Å². The Morgan fingerprint density at radius 2 is 0.899 bits per heavy atom. The number of rotatable bonds is 18. The molecule has 594 valence electrons. The summed E-state index contributed by atoms with van der Waals surface area (Å²) < 4.78 is 68.9. The van der Waals surface area contributed by atoms with E-state index in [9.17, 15) is 14.4 Å². The van der Waals surface area contributed by atoms with Gasteiger partial charge in [-0.1, -0.05) is 38.0 Å². The van der Waals surface area contributed by atoms with E-state index in [0.717, 1.165) is 16.7 Å². The minimum absolute atomic E-state index is 0.0366. The summed E-state index contributed by atoms with van der Waals surface area (Å²) in [5, 5.41) is 21.3. The Bertz CT molecular complexity index is 6650. The highest BCUT2D eigenvalue weighted by Gasteiger charge is 2.28. The first-order valence-corrected chi connectivity index (χ1v) is 37.2. The zero-order valence-corrected chi connectivity index (χ0v) is 64.4. The smallest absolute Gasteiger partial charge is 0.246 e. The van der Waals surface area contributed by atoms with Crippen molar-refractivity contribution in [1.82, 2.24) is 118 Å². The van der Waals surface area contributed by atoms with Gasteiger partial charge in [0.25, 0.3) is 0 Å². The second-order valence-corrected chi connectivity index (χ2v) is 27.5. The molecule has 0 fully saturated rings. The number of carbonyl (C=O) groups excluding carboxylic acids is 3. The van der Waals surface area contributed by atoms with Crippen LogP contribution in [0.5, 0.6) is 34.5 Å². The van der Waals surface area contributed by atoms with Gasteiger partial charge in [-0.3, -0.25) is 14.4 Å². The van der Waals surface area contributed by atoms with Gasteiger partial charge in [-0.15, -0.1) is 0 Å². The second-order valence-electron chi connectivity index (χ2n) is 27.5. The highest BCUT2D eigenvalue weighted by atomic mass is 19.1. The van der Waals surface area contributed by atoms with Crippen molar-refractivity contribution in [3.05, 3.63) is 256 Å². The van der Waals surface area contributed by atoms with E-state index in [2.05, 4.69) is 116 Å². The maximum absolute atomic E-state index is 15.5. The first kappa shape index (κ1) is 77.2. The van der Waals surface area contributed by atoms with E-state index in [0.29, 0.717) is 182 Å². The van der Waals surface area contributed by atoms with Gasteiger partial charge in [-0.05, 0) is 143 Å². The average Bonchev–Trinajstić information content (AvgIpc) is 1.62. The number of ether oxygens (including phenoxy) is 3. The average molecular weight is 1600 g/mol. The number of anilines is 6. The summed E-state index contributed by atoms with van der Waals surface area (Å²) in [5.41, 5.74) is 9.44. The van der Waals surface area contributed by atoms with Gasteiger partial charge < -0.3 is 44.9 Å². The quantitative estimate of drug-likeness (QED) is 0.0672. The predicted molar refractivity (Wildman–Crippen MR) is 435 cm³/mol. The fourth-order valence-electron chi connectivity index (χ4n) is 13.5. The predicted octanol–water partition coefficient (Wildman–Crippen LogP) is 13.5. The molecule has 0 aliphatic carbocycles. The second kappa shape index (κ2) is 33.3. The summed E-state index contributed by atoms with van der Waals surface area (Å²) in [6.45, 7) is 21.6. The maximum atomic E-state index is 15.5. The third-order valence-corrected chi connectivity index (χ3v) is 19.9. The van der Waals surface area contributed by atoms with Crippen LogP contribution in [0.3, 0.4) is 0 Å². The van der Waals surface area contributed by atoms with Gasteiger partial charge in [0.15, 0.2) is 63.5 Å². The number of nitrogens with one attached hydrogen (secondary N) is 3. The van der Waals surface area contributed by atoms with Crippen molar-refractivity contribution in [2.75, 3.05) is 42.1 Å². The van der Waals surface area contributed by atoms with Crippen molar-refractivity contribution in [3.63, 3.8) is 0 Å². The van der Waals surface area contributed by atoms with Crippen molar-refractivity contribution in [3.8, 4) is 34.5 Å². The fourth-order valence-corrected chi connectivity index (χ4v) is 13.5. The first-order valence-electron chi connectivity index (χ1n) is 37.2. The van der Waals surface area contributed by atoms with Crippen LogP contribution < -0.4 is 30.2 Å². The molecule has 3 aromatic carbocycles. The minimum atomic E-state index is -0.526. The van der Waals surface area contributed by atoms with Gasteiger partial charge in [0.05, 0.1) is 35.7 Å². The molecule has 0 saturated carbocycles. The molecule has 3 amide bonds. The lowest BCUT2D eigenvalue weighted by atomic mass is 10.0. The molecule has 3 N–H and O–H groups in total. The van der Waals surface area contributed by atoms with Crippen LogP contribution in [0.4, 0.5) is 47.7 Å². The molecule has 0 radical (unpaired) electrons. The molecule has 36 heteroatoms. The van der Waals surface area contributed by atoms with Crippen LogP contribution in [0.25, 0.3) is 66.8 Å². The van der Waals surface area contributed by atoms with Crippen LogP contribution in [0.1, 0.15) is 67.3 Å². The minimum Gasteiger partial charge on any atom is -0.457 e. The lowest BCUT2D eigenvalue weighted by Gasteiger charge is -2.31. The van der Waals surface area contributed by atoms with E-state index in [4.69, 9.17) is 24.2 Å². The summed E-state index contributed by atoms with van der Waals surface area (Å²) in [4.78, 5) is 107. The maximum Gasteiger partial charge on any atom is 0.246 e. The summed E-state index contributed by atoms with van der Waals surface area (Å²) in [5.74, 6) is 3.33. The van der Waals surface area contributed by atoms with Gasteiger partial charge in [0, 0.05) is 92.2 Å². The number of pyridine rings is 3. The van der Waals surface area contributed by atoms with Crippen molar-refractivity contribution < 1.29 is 41.8 Å². The number of fused-ring (bicyclic) bond motifs is 6. The van der Waals surface area contributed by atoms with Crippen molar-refractivity contribution in [2.45, 2.75) is 66.0 Å². The zero-order chi connectivity index (χ0) is 82.5. The number of aromatic nitrogens is 21. The molecule has 12 aromatic heterocycles. The Balaban J connectivity index is 0.000000133. The topological polar surface area (TPSA) is 370 Å². The van der Waals surface area contributed by atoms with E-state index in [1.165, 1.54) is 62.3 Å². The molecular formula is C83H70F3N27O6. The molecule has 2 atom stereocenters. The summed E-state index contributed by atoms with van der Waals surface area (Å²) >= 11 is 0. The lowest BCUT2D eigenvalue weighted by Crippen LogP contribution is -2.40. The molecule has 18 rings (SSSR count). The first-order chi connectivity index (χ1) is 57.8. The van der Waals surface area contributed by atoms with Gasteiger partial charge in [-0.2, -0.15) is 15.3 Å². The highest BCUT2D eigenvalue weighted by Crippen LogP contribution is 2.38. The lowest BCUT2D eigenvalue weighted by molar-refractivity contribution is -0.128. The van der Waals surface area contributed by atoms with E-state index in [-0.39, 0.29) is 46.9 Å². The Labute approximate surface area is 674 Å². The van der Waals surface area contributed by atoms with Gasteiger partial charge >= 0.3 is 0 Å². The molecule has 0 saturated heterocycles. The third kappa shape index (κ3) is 16.4. The van der Waals surface area contributed by atoms with Crippen LogP contribution >= 0.6 is 0 Å². The number of hydrogen-bond donors (Lipinski definition) is 3. The van der Waals surface area contributed by atoms with Crippen LogP contribution in [-0.4, -0.2) is 174 Å². The van der Waals surface area contributed by atoms with Crippen LogP contribution in [0, 0.1) is 38.2 Å². The Morgan fingerprint density at radius 3 is 1.35 bits per heavy atom. The van der Waals surface area contributed by atoms with E-state index >= 15 is 13.2 Å². The largest absolute Gasteiger partial charge is 0.457 e. The number of carbonyl (C=O) groups is 3. The molecule has 0 bridgehead atoms. The van der Waals surface area contributed by atoms with Crippen LogP contribution in [0.2, 0.25) is 0 Å². The molecule has 33 nitrogen and oxygen atoms in total. The van der Waals surface area contributed by atoms with Crippen LogP contribution in [0.15, 0.2) is 204 Å². The number of halogens is 3. The summed E-state index contributed by atoms with van der Waals surface area (Å²) in [6, 6.07) is 19.7. The number of benzene rings is 3. The number of nitrogens with zero attached hydrogens (tertiary/aromatic N) is 24. The summed E-state index contributed by atoms with van der Waals surface area (Å²) in [7, 11) is 0. The van der Waals surface area contributed by atoms with Crippen molar-refractivity contribution >= 4 is 119 Å². The standard InChI is InChI=1S/2C28H24FN9O2.C27H22FN9O2/c2*1-4-24(39)37-9-7-18(11-16(37)2)27-30-13-21-26(36-27)28(33-14-31-21)35-20-5-6-22(17(3)25(20)29)40-19-8-10-38-23(12-19)32-15-34-38;1-3-24(38)36-7-4-17(5-8-36)26-29-13-21-25(35-26)27(32-14-30-21)34-20-10-16(2)22(12-19(20)28)39-18-6-9-37-23(11-18)31-15-33-37/h4-6,8,10-16H,1,7,9H2,2-3H3,(H,31,33,35);4-8,10,12-16H,1,9,11H2,2-3H3,(H,31,33,35);3-4,6,9-15H,1,5,7-8H2,2H3,(H,30,32,34)/t2*16-;/m10./s1. The third-order valence-electron chi connectivity index (χ3n) is 19.9. The molecule has 119 heavy (non-hydrogen) atoms. The normalized spacial score (nSPS) is 14.6. The highest BCUT2D eigenvalue weighted by molar-refractivity contribution is 5.92. The molecule has 0 unspecified atom stereocenters. The Morgan fingerprint density at radius 1 is 0.462 bits per heavy atom. The zero-order valence-electron chi connectivity index (χ0n) is 64.4. The van der Waals surface area contributed by atoms with Crippen molar-refractivity contribution in [1.29, 1.82) is 0 Å². The number of amides is 3. The van der Waals surface area contributed by atoms with Gasteiger partial charge in [-0.25, -0.2) is 101 Å². The SMILES string of the molecule is C=CC(=O)N1CC=C(c2ncc3ncnc(Nc4cc(C)c(Oc5ccn6ncnc6c5)cc4F)c3n2)CC1.C=CC(=O)N1CC=C(c2ncc3ncnc(Nc4ccc(Oc5ccn6ncnc6c5)c(C)c4F)c3n2)C[C@@H]1C.C=CC(=O)N1CCC(c2ncc3ncnc(Nc4ccc(Oc5ccn6ncnc6c5)c(C)c4F)c3n2)=C[C@H]1C. The fraction of sp³-hybridized carbons (Fsp3) is 0.169. The van der Waals surface area contributed by atoms with E-state index in [1.807, 2.05) is 39.0 Å². The number of aryl methyl sites for hydroxylation is 1. The Hall–Kier alpha value is -15.8. The number of hydrogen-bond acceptors (Lipinski definition) is 27. The molecule has 3 aliphatic rings. The summed E-state index contributed by atoms with van der Waals surface area (Å²) in [6.07, 6.45) is 30.0. The van der Waals surface area contributed by atoms with Gasteiger partial charge in [0.2, 0.25) is 17.7 Å². The van der Waals surface area contributed by atoms with Gasteiger partial charge in [0.1, 0.15) is 111 Å². The molecular weight excluding hydrogens is 1530 g/mol.